The number of hydrogen-bond acceptors (Lipinski definition) is 5. The molecule has 0 saturated carbocycles. The van der Waals surface area contributed by atoms with E-state index in [1.807, 2.05) is 0 Å². The van der Waals surface area contributed by atoms with Gasteiger partial charge in [0.2, 0.25) is 0 Å². The molecule has 0 spiro atoms. The average molecular weight is 382 g/mol. The lowest BCUT2D eigenvalue weighted by molar-refractivity contribution is 0.104. The molecule has 0 amide bonds. The van der Waals surface area contributed by atoms with Gasteiger partial charge < -0.3 is 14.2 Å². The summed E-state index contributed by atoms with van der Waals surface area (Å²) in [5.41, 5.74) is 1.79. The SMILES string of the molecule is COc1ccc(-c2cc(/C=C/C(=O)c3ccc(OC)c(OC)c3)[nH]n2)c(F)c1. The molecule has 144 valence electrons. The number of ether oxygens (including phenoxy) is 3. The number of carbonyl (C=O) groups excluding carboxylic acids is 1. The molecule has 0 unspecified atom stereocenters. The third-order valence-corrected chi connectivity index (χ3v) is 4.13. The van der Waals surface area contributed by atoms with Crippen molar-refractivity contribution >= 4 is 11.9 Å². The van der Waals surface area contributed by atoms with Crippen LogP contribution in [0, 0.1) is 5.82 Å². The van der Waals surface area contributed by atoms with Gasteiger partial charge in [-0.05, 0) is 48.6 Å². The maximum Gasteiger partial charge on any atom is 0.186 e. The van der Waals surface area contributed by atoms with Crippen molar-refractivity contribution in [3.63, 3.8) is 0 Å². The number of carbonyl (C=O) groups is 1. The van der Waals surface area contributed by atoms with E-state index in [-0.39, 0.29) is 5.78 Å². The highest BCUT2D eigenvalue weighted by Gasteiger charge is 2.11. The summed E-state index contributed by atoms with van der Waals surface area (Å²) in [6.07, 6.45) is 2.99. The molecule has 0 aliphatic heterocycles. The molecule has 0 radical (unpaired) electrons. The number of aromatic amines is 1. The van der Waals surface area contributed by atoms with Crippen molar-refractivity contribution in [1.82, 2.24) is 10.2 Å². The molecule has 0 atom stereocenters. The minimum atomic E-state index is -0.442. The van der Waals surface area contributed by atoms with Gasteiger partial charge in [-0.3, -0.25) is 9.89 Å². The van der Waals surface area contributed by atoms with Gasteiger partial charge >= 0.3 is 0 Å². The van der Waals surface area contributed by atoms with Gasteiger partial charge in [0.1, 0.15) is 11.6 Å². The second-order valence-electron chi connectivity index (χ2n) is 5.82. The topological polar surface area (TPSA) is 73.4 Å². The normalized spacial score (nSPS) is 10.9. The molecule has 0 aliphatic carbocycles. The smallest absolute Gasteiger partial charge is 0.186 e. The predicted octanol–water partition coefficient (Wildman–Crippen LogP) is 4.14. The Morgan fingerprint density at radius 2 is 1.79 bits per heavy atom. The zero-order valence-corrected chi connectivity index (χ0v) is 15.7. The van der Waals surface area contributed by atoms with Crippen LogP contribution in [0.4, 0.5) is 4.39 Å². The largest absolute Gasteiger partial charge is 0.497 e. The van der Waals surface area contributed by atoms with Crippen LogP contribution in [0.2, 0.25) is 0 Å². The fourth-order valence-corrected chi connectivity index (χ4v) is 2.64. The van der Waals surface area contributed by atoms with E-state index in [0.717, 1.165) is 0 Å². The van der Waals surface area contributed by atoms with E-state index in [1.165, 1.54) is 33.5 Å². The highest BCUT2D eigenvalue weighted by Crippen LogP contribution is 2.28. The predicted molar refractivity (Wildman–Crippen MR) is 103 cm³/mol. The van der Waals surface area contributed by atoms with E-state index < -0.39 is 5.82 Å². The van der Waals surface area contributed by atoms with E-state index in [2.05, 4.69) is 10.2 Å². The Labute approximate surface area is 161 Å². The molecule has 0 fully saturated rings. The Hall–Kier alpha value is -3.61. The first-order valence-corrected chi connectivity index (χ1v) is 8.39. The number of rotatable bonds is 7. The molecule has 3 rings (SSSR count). The van der Waals surface area contributed by atoms with Crippen molar-refractivity contribution in [1.29, 1.82) is 0 Å². The van der Waals surface area contributed by atoms with Crippen molar-refractivity contribution in [3.8, 4) is 28.5 Å². The highest BCUT2D eigenvalue weighted by molar-refractivity contribution is 6.07. The van der Waals surface area contributed by atoms with Crippen LogP contribution >= 0.6 is 0 Å². The Bertz CT molecular complexity index is 1030. The molecule has 3 aromatic rings. The van der Waals surface area contributed by atoms with Gasteiger partial charge in [0.15, 0.2) is 17.3 Å². The number of allylic oxidation sites excluding steroid dienone is 1. The van der Waals surface area contributed by atoms with Crippen LogP contribution in [-0.2, 0) is 0 Å². The fourth-order valence-electron chi connectivity index (χ4n) is 2.64. The Morgan fingerprint density at radius 3 is 2.46 bits per heavy atom. The van der Waals surface area contributed by atoms with E-state index in [0.29, 0.717) is 39.8 Å². The van der Waals surface area contributed by atoms with Crippen LogP contribution in [0.25, 0.3) is 17.3 Å². The van der Waals surface area contributed by atoms with E-state index in [4.69, 9.17) is 14.2 Å². The molecule has 28 heavy (non-hydrogen) atoms. The lowest BCUT2D eigenvalue weighted by Gasteiger charge is -2.07. The number of halogens is 1. The van der Waals surface area contributed by atoms with Gasteiger partial charge in [-0.1, -0.05) is 0 Å². The number of methoxy groups -OCH3 is 3. The van der Waals surface area contributed by atoms with Crippen LogP contribution in [0.3, 0.4) is 0 Å². The summed E-state index contributed by atoms with van der Waals surface area (Å²) in [6, 6.07) is 11.1. The lowest BCUT2D eigenvalue weighted by atomic mass is 10.1. The van der Waals surface area contributed by atoms with Gasteiger partial charge in [0.05, 0.1) is 32.7 Å². The summed E-state index contributed by atoms with van der Waals surface area (Å²) in [5.74, 6) is 0.788. The van der Waals surface area contributed by atoms with Crippen LogP contribution in [0.5, 0.6) is 17.2 Å². The van der Waals surface area contributed by atoms with Crippen LogP contribution in [0.1, 0.15) is 16.1 Å². The Morgan fingerprint density at radius 1 is 1.00 bits per heavy atom. The monoisotopic (exact) mass is 382 g/mol. The van der Waals surface area contributed by atoms with Crippen molar-refractivity contribution in [2.45, 2.75) is 0 Å². The molecule has 7 heteroatoms. The fraction of sp³-hybridized carbons (Fsp3) is 0.143. The van der Waals surface area contributed by atoms with E-state index >= 15 is 0 Å². The number of benzene rings is 2. The summed E-state index contributed by atoms with van der Waals surface area (Å²) >= 11 is 0. The molecule has 0 aliphatic rings. The van der Waals surface area contributed by atoms with Gasteiger partial charge in [0.25, 0.3) is 0 Å². The highest BCUT2D eigenvalue weighted by atomic mass is 19.1. The standard InChI is InChI=1S/C21H19FN2O4/c1-26-15-6-7-16(17(22)12-15)18-11-14(23-24-18)5-8-19(25)13-4-9-20(27-2)21(10-13)28-3/h4-12H,1-3H3,(H,23,24)/b8-5+. The summed E-state index contributed by atoms with van der Waals surface area (Å²) in [5, 5.41) is 6.87. The van der Waals surface area contributed by atoms with Crippen molar-refractivity contribution in [3.05, 3.63) is 65.6 Å². The Kier molecular flexibility index (Phi) is 5.74. The van der Waals surface area contributed by atoms with Crippen LogP contribution in [0.15, 0.2) is 48.5 Å². The van der Waals surface area contributed by atoms with Gasteiger partial charge in [-0.2, -0.15) is 5.10 Å². The molecule has 0 bridgehead atoms. The first-order valence-electron chi connectivity index (χ1n) is 8.39. The maximum absolute atomic E-state index is 14.2. The van der Waals surface area contributed by atoms with Gasteiger partial charge in [-0.25, -0.2) is 4.39 Å². The Balaban J connectivity index is 1.78. The second-order valence-corrected chi connectivity index (χ2v) is 5.82. The van der Waals surface area contributed by atoms with Crippen molar-refractivity contribution in [2.24, 2.45) is 0 Å². The molecule has 1 N–H and O–H groups in total. The molecular formula is C21H19FN2O4. The zero-order chi connectivity index (χ0) is 20.1. The summed E-state index contributed by atoms with van der Waals surface area (Å²) in [7, 11) is 4.51. The van der Waals surface area contributed by atoms with Crippen molar-refractivity contribution in [2.75, 3.05) is 21.3 Å². The lowest BCUT2D eigenvalue weighted by Crippen LogP contribution is -1.97. The number of H-pyrrole nitrogens is 1. The molecular weight excluding hydrogens is 363 g/mol. The van der Waals surface area contributed by atoms with Gasteiger partial charge in [-0.15, -0.1) is 0 Å². The second kappa shape index (κ2) is 8.39. The average Bonchev–Trinajstić information content (AvgIpc) is 3.19. The van der Waals surface area contributed by atoms with E-state index in [1.54, 1.807) is 42.5 Å². The molecule has 1 aromatic heterocycles. The molecule has 6 nitrogen and oxygen atoms in total. The third kappa shape index (κ3) is 4.03. The van der Waals surface area contributed by atoms with Crippen LogP contribution < -0.4 is 14.2 Å². The zero-order valence-electron chi connectivity index (χ0n) is 15.7. The maximum atomic E-state index is 14.2. The van der Waals surface area contributed by atoms with Gasteiger partial charge in [0, 0.05) is 17.2 Å². The summed E-state index contributed by atoms with van der Waals surface area (Å²) in [6.45, 7) is 0. The summed E-state index contributed by atoms with van der Waals surface area (Å²) < 4.78 is 29.5. The molecule has 1 heterocycles. The third-order valence-electron chi connectivity index (χ3n) is 4.13. The number of hydrogen-bond donors (Lipinski definition) is 1. The number of aromatic nitrogens is 2. The first kappa shape index (κ1) is 19.2. The van der Waals surface area contributed by atoms with Crippen molar-refractivity contribution < 1.29 is 23.4 Å². The minimum Gasteiger partial charge on any atom is -0.497 e. The quantitative estimate of drug-likeness (QED) is 0.491. The van der Waals surface area contributed by atoms with Crippen LogP contribution in [-0.4, -0.2) is 37.3 Å². The number of nitrogens with one attached hydrogen (secondary N) is 1. The molecule has 0 saturated heterocycles. The van der Waals surface area contributed by atoms with E-state index in [9.17, 15) is 9.18 Å². The number of ketones is 1. The molecule has 2 aromatic carbocycles. The first-order chi connectivity index (χ1) is 13.5. The summed E-state index contributed by atoms with van der Waals surface area (Å²) in [4.78, 5) is 12.4. The number of nitrogens with zero attached hydrogens (tertiary/aromatic N) is 1. The minimum absolute atomic E-state index is 0.215.